The first-order chi connectivity index (χ1) is 8.22. The van der Waals surface area contributed by atoms with E-state index >= 15 is 0 Å². The lowest BCUT2D eigenvalue weighted by Gasteiger charge is -2.36. The minimum Gasteiger partial charge on any atom is -0.394 e. The zero-order chi connectivity index (χ0) is 12.3. The van der Waals surface area contributed by atoms with Crippen LogP contribution in [0.5, 0.6) is 0 Å². The van der Waals surface area contributed by atoms with E-state index in [1.807, 2.05) is 6.20 Å². The van der Waals surface area contributed by atoms with E-state index in [9.17, 15) is 5.11 Å². The lowest BCUT2D eigenvalue weighted by Crippen LogP contribution is -2.41. The second kappa shape index (κ2) is 5.50. The maximum atomic E-state index is 9.40. The smallest absolute Gasteiger partial charge is 0.0635 e. The van der Waals surface area contributed by atoms with E-state index in [1.54, 1.807) is 0 Å². The molecule has 0 spiro atoms. The second-order valence-electron chi connectivity index (χ2n) is 5.12. The molecule has 0 aliphatic carbocycles. The Morgan fingerprint density at radius 1 is 1.41 bits per heavy atom. The van der Waals surface area contributed by atoms with E-state index in [0.29, 0.717) is 5.92 Å². The Hall–Kier alpha value is -1.09. The van der Waals surface area contributed by atoms with Crippen LogP contribution in [0.2, 0.25) is 0 Å². The molecule has 0 aromatic carbocycles. The molecule has 0 amide bonds. The standard InChI is InChI=1S/C14H22N2O/c1-11(2)14-7-6-12(9-15-14)16-8-4-3-5-13(16)10-17/h6-7,9,11,13,17H,3-5,8,10H2,1-2H3/t13-/m1/s1. The quantitative estimate of drug-likeness (QED) is 0.873. The van der Waals surface area contributed by atoms with Gasteiger partial charge in [0.05, 0.1) is 24.5 Å². The summed E-state index contributed by atoms with van der Waals surface area (Å²) in [4.78, 5) is 6.79. The van der Waals surface area contributed by atoms with Crippen molar-refractivity contribution in [2.24, 2.45) is 0 Å². The Labute approximate surface area is 103 Å². The van der Waals surface area contributed by atoms with E-state index in [-0.39, 0.29) is 12.6 Å². The van der Waals surface area contributed by atoms with Crippen molar-refractivity contribution in [1.29, 1.82) is 0 Å². The maximum absolute atomic E-state index is 9.40. The number of piperidine rings is 1. The minimum absolute atomic E-state index is 0.242. The van der Waals surface area contributed by atoms with Gasteiger partial charge in [0.25, 0.3) is 0 Å². The summed E-state index contributed by atoms with van der Waals surface area (Å²) < 4.78 is 0. The molecule has 1 fully saturated rings. The highest BCUT2D eigenvalue weighted by Gasteiger charge is 2.21. The molecule has 2 heterocycles. The summed E-state index contributed by atoms with van der Waals surface area (Å²) in [5.41, 5.74) is 2.28. The molecule has 94 valence electrons. The van der Waals surface area contributed by atoms with Crippen molar-refractivity contribution >= 4 is 5.69 Å². The van der Waals surface area contributed by atoms with Crippen molar-refractivity contribution < 1.29 is 5.11 Å². The molecular formula is C14H22N2O. The molecule has 1 aromatic heterocycles. The lowest BCUT2D eigenvalue weighted by atomic mass is 10.0. The fourth-order valence-electron chi connectivity index (χ4n) is 2.44. The Kier molecular flexibility index (Phi) is 4.00. The highest BCUT2D eigenvalue weighted by atomic mass is 16.3. The first kappa shape index (κ1) is 12.4. The molecular weight excluding hydrogens is 212 g/mol. The van der Waals surface area contributed by atoms with Crippen molar-refractivity contribution in [2.45, 2.75) is 45.1 Å². The largest absolute Gasteiger partial charge is 0.394 e. The van der Waals surface area contributed by atoms with Gasteiger partial charge in [-0.15, -0.1) is 0 Å². The summed E-state index contributed by atoms with van der Waals surface area (Å²) >= 11 is 0. The first-order valence-electron chi connectivity index (χ1n) is 6.56. The van der Waals surface area contributed by atoms with Crippen LogP contribution in [-0.2, 0) is 0 Å². The minimum atomic E-state index is 0.242. The lowest BCUT2D eigenvalue weighted by molar-refractivity contribution is 0.240. The molecule has 0 radical (unpaired) electrons. The van der Waals surface area contributed by atoms with Gasteiger partial charge in [-0.25, -0.2) is 0 Å². The number of hydrogen-bond donors (Lipinski definition) is 1. The van der Waals surface area contributed by atoms with Crippen LogP contribution in [0.15, 0.2) is 18.3 Å². The summed E-state index contributed by atoms with van der Waals surface area (Å²) in [6.07, 6.45) is 5.47. The predicted octanol–water partition coefficient (Wildman–Crippen LogP) is 2.56. The van der Waals surface area contributed by atoms with Crippen LogP contribution in [-0.4, -0.2) is 29.3 Å². The molecule has 1 aliphatic heterocycles. The highest BCUT2D eigenvalue weighted by Crippen LogP contribution is 2.25. The molecule has 0 saturated carbocycles. The number of aliphatic hydroxyl groups excluding tert-OH is 1. The molecule has 1 atom stereocenters. The van der Waals surface area contributed by atoms with Gasteiger partial charge in [0, 0.05) is 12.2 Å². The summed E-state index contributed by atoms with van der Waals surface area (Å²) in [6, 6.07) is 4.51. The van der Waals surface area contributed by atoms with Gasteiger partial charge in [-0.1, -0.05) is 13.8 Å². The SMILES string of the molecule is CC(C)c1ccc(N2CCCC[C@@H]2CO)cn1. The van der Waals surface area contributed by atoms with E-state index < -0.39 is 0 Å². The van der Waals surface area contributed by atoms with Gasteiger partial charge in [0.15, 0.2) is 0 Å². The summed E-state index contributed by atoms with van der Waals surface area (Å²) in [6.45, 7) is 5.58. The number of aromatic nitrogens is 1. The zero-order valence-electron chi connectivity index (χ0n) is 10.8. The molecule has 3 heteroatoms. The Balaban J connectivity index is 2.15. The normalized spacial score (nSPS) is 20.9. The molecule has 1 N–H and O–H groups in total. The number of aliphatic hydroxyl groups is 1. The molecule has 1 aliphatic rings. The maximum Gasteiger partial charge on any atom is 0.0635 e. The predicted molar refractivity (Wildman–Crippen MR) is 70.4 cm³/mol. The Morgan fingerprint density at radius 2 is 2.24 bits per heavy atom. The van der Waals surface area contributed by atoms with E-state index in [4.69, 9.17) is 0 Å². The highest BCUT2D eigenvalue weighted by molar-refractivity contribution is 5.46. The average molecular weight is 234 g/mol. The molecule has 3 nitrogen and oxygen atoms in total. The summed E-state index contributed by atoms with van der Waals surface area (Å²) in [7, 11) is 0. The van der Waals surface area contributed by atoms with Gasteiger partial charge < -0.3 is 10.0 Å². The molecule has 2 rings (SSSR count). The van der Waals surface area contributed by atoms with Crippen molar-refractivity contribution in [1.82, 2.24) is 4.98 Å². The third kappa shape index (κ3) is 2.78. The molecule has 17 heavy (non-hydrogen) atoms. The fourth-order valence-corrected chi connectivity index (χ4v) is 2.44. The topological polar surface area (TPSA) is 36.4 Å². The van der Waals surface area contributed by atoms with Gasteiger partial charge >= 0.3 is 0 Å². The van der Waals surface area contributed by atoms with Gasteiger partial charge in [-0.3, -0.25) is 4.98 Å². The average Bonchev–Trinajstić information content (AvgIpc) is 2.39. The van der Waals surface area contributed by atoms with E-state index in [2.05, 4.69) is 35.9 Å². The fraction of sp³-hybridized carbons (Fsp3) is 0.643. The first-order valence-corrected chi connectivity index (χ1v) is 6.56. The van der Waals surface area contributed by atoms with E-state index in [1.165, 1.54) is 12.8 Å². The van der Waals surface area contributed by atoms with Crippen LogP contribution < -0.4 is 4.90 Å². The molecule has 1 aromatic rings. The third-order valence-electron chi connectivity index (χ3n) is 3.53. The molecule has 1 saturated heterocycles. The summed E-state index contributed by atoms with van der Waals surface area (Å²) in [5.74, 6) is 0.471. The number of pyridine rings is 1. The number of anilines is 1. The van der Waals surface area contributed by atoms with Crippen LogP contribution in [0.3, 0.4) is 0 Å². The second-order valence-corrected chi connectivity index (χ2v) is 5.12. The molecule has 0 bridgehead atoms. The van der Waals surface area contributed by atoms with Crippen molar-refractivity contribution in [3.05, 3.63) is 24.0 Å². The Morgan fingerprint density at radius 3 is 2.82 bits per heavy atom. The Bertz CT molecular complexity index is 348. The van der Waals surface area contributed by atoms with Crippen LogP contribution in [0, 0.1) is 0 Å². The number of hydrogen-bond acceptors (Lipinski definition) is 3. The van der Waals surface area contributed by atoms with Gasteiger partial charge in [-0.05, 0) is 37.3 Å². The number of nitrogens with zero attached hydrogens (tertiary/aromatic N) is 2. The number of rotatable bonds is 3. The molecule has 0 unspecified atom stereocenters. The van der Waals surface area contributed by atoms with Gasteiger partial charge in [0.1, 0.15) is 0 Å². The van der Waals surface area contributed by atoms with Crippen LogP contribution in [0.4, 0.5) is 5.69 Å². The summed E-state index contributed by atoms with van der Waals surface area (Å²) in [5, 5.41) is 9.40. The van der Waals surface area contributed by atoms with Crippen molar-refractivity contribution in [3.63, 3.8) is 0 Å². The van der Waals surface area contributed by atoms with Crippen LogP contribution in [0.1, 0.15) is 44.7 Å². The van der Waals surface area contributed by atoms with Gasteiger partial charge in [-0.2, -0.15) is 0 Å². The zero-order valence-corrected chi connectivity index (χ0v) is 10.8. The van der Waals surface area contributed by atoms with E-state index in [0.717, 1.165) is 24.3 Å². The van der Waals surface area contributed by atoms with Crippen molar-refractivity contribution in [3.8, 4) is 0 Å². The van der Waals surface area contributed by atoms with Crippen LogP contribution >= 0.6 is 0 Å². The third-order valence-corrected chi connectivity index (χ3v) is 3.53. The van der Waals surface area contributed by atoms with Crippen molar-refractivity contribution in [2.75, 3.05) is 18.1 Å². The van der Waals surface area contributed by atoms with Gasteiger partial charge in [0.2, 0.25) is 0 Å². The van der Waals surface area contributed by atoms with Crippen LogP contribution in [0.25, 0.3) is 0 Å². The monoisotopic (exact) mass is 234 g/mol.